The van der Waals surface area contributed by atoms with Crippen LogP contribution in [-0.2, 0) is 9.53 Å². The number of fused-ring (bicyclic) bond motifs is 1. The van der Waals surface area contributed by atoms with E-state index in [0.29, 0.717) is 29.2 Å². The molecule has 2 aliphatic rings. The number of methoxy groups -OCH3 is 1. The Morgan fingerprint density at radius 1 is 1.23 bits per heavy atom. The minimum absolute atomic E-state index is 0.110. The zero-order chi connectivity index (χ0) is 22.0. The van der Waals surface area contributed by atoms with E-state index in [4.69, 9.17) is 9.47 Å². The van der Waals surface area contributed by atoms with Gasteiger partial charge in [0.05, 0.1) is 30.9 Å². The van der Waals surface area contributed by atoms with Gasteiger partial charge in [-0.1, -0.05) is 15.9 Å². The molecule has 3 amide bonds. The Hall–Kier alpha value is -2.97. The number of carbonyl (C=O) groups is 3. The molecule has 160 valence electrons. The number of rotatable bonds is 6. The number of anilines is 1. The minimum atomic E-state index is -0.366. The number of amides is 3. The molecule has 4 rings (SSSR count). The lowest BCUT2D eigenvalue weighted by Crippen LogP contribution is -2.36. The highest BCUT2D eigenvalue weighted by atomic mass is 79.9. The van der Waals surface area contributed by atoms with Gasteiger partial charge in [-0.15, -0.1) is 0 Å². The van der Waals surface area contributed by atoms with Crippen molar-refractivity contribution in [3.63, 3.8) is 0 Å². The molecule has 2 aromatic carbocycles. The Kier molecular flexibility index (Phi) is 6.20. The number of nitrogens with zero attached hydrogens (tertiary/aromatic N) is 1. The quantitative estimate of drug-likeness (QED) is 0.496. The van der Waals surface area contributed by atoms with Crippen LogP contribution in [0.1, 0.15) is 39.1 Å². The summed E-state index contributed by atoms with van der Waals surface area (Å²) in [6, 6.07) is 10.2. The average Bonchev–Trinajstić information content (AvgIpc) is 3.35. The number of nitrogens with one attached hydrogen (secondary N) is 1. The first kappa shape index (κ1) is 21.3. The Bertz CT molecular complexity index is 1080. The van der Waals surface area contributed by atoms with Crippen molar-refractivity contribution in [3.05, 3.63) is 63.6 Å². The Labute approximate surface area is 188 Å². The van der Waals surface area contributed by atoms with Crippen LogP contribution in [0.2, 0.25) is 0 Å². The summed E-state index contributed by atoms with van der Waals surface area (Å²) >= 11 is 3.40. The predicted molar refractivity (Wildman–Crippen MR) is 119 cm³/mol. The second kappa shape index (κ2) is 9.03. The van der Waals surface area contributed by atoms with Crippen LogP contribution < -0.4 is 10.1 Å². The number of hydrogen-bond acceptors (Lipinski definition) is 5. The van der Waals surface area contributed by atoms with Crippen molar-refractivity contribution < 1.29 is 23.9 Å². The number of carbonyl (C=O) groups excluding carboxylic acids is 3. The molecular formula is C23H21BrN2O5. The van der Waals surface area contributed by atoms with Crippen molar-refractivity contribution in [1.29, 1.82) is 0 Å². The number of halogens is 1. The minimum Gasteiger partial charge on any atom is -0.496 e. The normalized spacial score (nSPS) is 18.0. The van der Waals surface area contributed by atoms with Gasteiger partial charge in [-0.25, -0.2) is 0 Å². The maximum atomic E-state index is 12.8. The lowest BCUT2D eigenvalue weighted by atomic mass is 10.1. The predicted octanol–water partition coefficient (Wildman–Crippen LogP) is 3.88. The monoisotopic (exact) mass is 484 g/mol. The van der Waals surface area contributed by atoms with Gasteiger partial charge in [0.1, 0.15) is 5.75 Å². The molecule has 0 radical (unpaired) electrons. The molecule has 8 heteroatoms. The molecule has 0 aromatic heterocycles. The molecule has 1 fully saturated rings. The largest absolute Gasteiger partial charge is 0.496 e. The first-order valence-electron chi connectivity index (χ1n) is 9.90. The molecule has 1 unspecified atom stereocenters. The van der Waals surface area contributed by atoms with Crippen LogP contribution in [0.3, 0.4) is 0 Å². The van der Waals surface area contributed by atoms with Gasteiger partial charge < -0.3 is 14.8 Å². The van der Waals surface area contributed by atoms with Gasteiger partial charge in [-0.2, -0.15) is 0 Å². The van der Waals surface area contributed by atoms with E-state index in [1.165, 1.54) is 17.0 Å². The summed E-state index contributed by atoms with van der Waals surface area (Å²) < 4.78 is 11.7. The molecule has 1 N–H and O–H groups in total. The van der Waals surface area contributed by atoms with Crippen LogP contribution >= 0.6 is 15.9 Å². The van der Waals surface area contributed by atoms with E-state index in [1.807, 2.05) is 12.1 Å². The van der Waals surface area contributed by atoms with Crippen LogP contribution in [0.15, 0.2) is 46.9 Å². The molecule has 0 bridgehead atoms. The third kappa shape index (κ3) is 4.55. The van der Waals surface area contributed by atoms with E-state index in [0.717, 1.165) is 22.9 Å². The van der Waals surface area contributed by atoms with Crippen LogP contribution in [-0.4, -0.2) is 49.0 Å². The van der Waals surface area contributed by atoms with E-state index in [2.05, 4.69) is 21.2 Å². The SMILES string of the molecule is COc1ccc(Br)cc1/C=C/C(=O)Nc1ccc2c(c1)C(=O)N(CC1CCCO1)C2=O. The van der Waals surface area contributed by atoms with Crippen molar-refractivity contribution in [2.75, 3.05) is 25.6 Å². The molecule has 2 aromatic rings. The van der Waals surface area contributed by atoms with Gasteiger partial charge in [0.25, 0.3) is 11.8 Å². The second-order valence-electron chi connectivity index (χ2n) is 7.33. The van der Waals surface area contributed by atoms with Gasteiger partial charge in [0.2, 0.25) is 5.91 Å². The summed E-state index contributed by atoms with van der Waals surface area (Å²) in [4.78, 5) is 39.0. The summed E-state index contributed by atoms with van der Waals surface area (Å²) in [5, 5.41) is 2.73. The van der Waals surface area contributed by atoms with Crippen molar-refractivity contribution in [2.45, 2.75) is 18.9 Å². The molecule has 1 atom stereocenters. The van der Waals surface area contributed by atoms with Crippen LogP contribution in [0.5, 0.6) is 5.75 Å². The average molecular weight is 485 g/mol. The van der Waals surface area contributed by atoms with Crippen LogP contribution in [0.4, 0.5) is 5.69 Å². The molecule has 0 spiro atoms. The molecule has 1 saturated heterocycles. The highest BCUT2D eigenvalue weighted by Crippen LogP contribution is 2.28. The Morgan fingerprint density at radius 3 is 2.77 bits per heavy atom. The maximum absolute atomic E-state index is 12.8. The van der Waals surface area contributed by atoms with E-state index in [1.54, 1.807) is 31.4 Å². The van der Waals surface area contributed by atoms with E-state index in [9.17, 15) is 14.4 Å². The third-order valence-corrected chi connectivity index (χ3v) is 5.75. The zero-order valence-electron chi connectivity index (χ0n) is 16.9. The van der Waals surface area contributed by atoms with Crippen molar-refractivity contribution in [3.8, 4) is 5.75 Å². The van der Waals surface area contributed by atoms with Gasteiger partial charge in [-0.05, 0) is 55.3 Å². The third-order valence-electron chi connectivity index (χ3n) is 5.25. The summed E-state index contributed by atoms with van der Waals surface area (Å²) in [5.41, 5.74) is 1.81. The van der Waals surface area contributed by atoms with Crippen molar-refractivity contribution in [1.82, 2.24) is 4.90 Å². The van der Waals surface area contributed by atoms with Crippen LogP contribution in [0.25, 0.3) is 6.08 Å². The summed E-state index contributed by atoms with van der Waals surface area (Å²) in [6.07, 6.45) is 4.69. The van der Waals surface area contributed by atoms with E-state index < -0.39 is 0 Å². The number of benzene rings is 2. The van der Waals surface area contributed by atoms with Gasteiger partial charge in [0.15, 0.2) is 0 Å². The van der Waals surface area contributed by atoms with Gasteiger partial charge in [0, 0.05) is 28.4 Å². The topological polar surface area (TPSA) is 84.9 Å². The van der Waals surface area contributed by atoms with Gasteiger partial charge in [-0.3, -0.25) is 19.3 Å². The summed E-state index contributed by atoms with van der Waals surface area (Å²) in [6.45, 7) is 0.911. The molecular weight excluding hydrogens is 464 g/mol. The lowest BCUT2D eigenvalue weighted by Gasteiger charge is -2.17. The van der Waals surface area contributed by atoms with E-state index in [-0.39, 0.29) is 30.4 Å². The fraction of sp³-hybridized carbons (Fsp3) is 0.261. The fourth-order valence-electron chi connectivity index (χ4n) is 3.71. The molecule has 7 nitrogen and oxygen atoms in total. The molecule has 31 heavy (non-hydrogen) atoms. The highest BCUT2D eigenvalue weighted by molar-refractivity contribution is 9.10. The lowest BCUT2D eigenvalue weighted by molar-refractivity contribution is -0.111. The fourth-order valence-corrected chi connectivity index (χ4v) is 4.09. The Morgan fingerprint density at radius 2 is 2.03 bits per heavy atom. The first-order valence-corrected chi connectivity index (χ1v) is 10.7. The Balaban J connectivity index is 1.46. The highest BCUT2D eigenvalue weighted by Gasteiger charge is 2.37. The van der Waals surface area contributed by atoms with Crippen molar-refractivity contribution in [2.24, 2.45) is 0 Å². The molecule has 0 saturated carbocycles. The smallest absolute Gasteiger partial charge is 0.261 e. The van der Waals surface area contributed by atoms with Crippen LogP contribution in [0, 0.1) is 0 Å². The molecule has 2 aliphatic heterocycles. The van der Waals surface area contributed by atoms with Crippen molar-refractivity contribution >= 4 is 45.4 Å². The number of hydrogen-bond donors (Lipinski definition) is 1. The summed E-state index contributed by atoms with van der Waals surface area (Å²) in [7, 11) is 1.56. The van der Waals surface area contributed by atoms with Gasteiger partial charge >= 0.3 is 0 Å². The second-order valence-corrected chi connectivity index (χ2v) is 8.24. The summed E-state index contributed by atoms with van der Waals surface area (Å²) in [5.74, 6) is -0.411. The number of imide groups is 1. The molecule has 2 heterocycles. The molecule has 0 aliphatic carbocycles. The first-order chi connectivity index (χ1) is 15.0. The van der Waals surface area contributed by atoms with E-state index >= 15 is 0 Å². The maximum Gasteiger partial charge on any atom is 0.261 e. The standard InChI is InChI=1S/C23H21BrN2O5/c1-30-20-8-5-15(24)11-14(20)4-9-21(27)25-16-6-7-18-19(12-16)23(29)26(22(18)28)13-17-3-2-10-31-17/h4-9,11-12,17H,2-3,10,13H2,1H3,(H,25,27)/b9-4+. The zero-order valence-corrected chi connectivity index (χ0v) is 18.5. The number of ether oxygens (including phenoxy) is 2.